The van der Waals surface area contributed by atoms with Crippen molar-refractivity contribution in [1.82, 2.24) is 15.5 Å². The molecular formula is C21H34FIN4OS. The second-order valence-corrected chi connectivity index (χ2v) is 8.67. The lowest BCUT2D eigenvalue weighted by Crippen LogP contribution is -2.56. The molecule has 2 saturated heterocycles. The zero-order chi connectivity index (χ0) is 19.8. The second kappa shape index (κ2) is 12.3. The molecule has 0 saturated carbocycles. The number of nitrogens with zero attached hydrogens (tertiary/aromatic N) is 2. The summed E-state index contributed by atoms with van der Waals surface area (Å²) in [6.45, 7) is 10.1. The Bertz CT molecular complexity index is 664. The Kier molecular flexibility index (Phi) is 10.5. The summed E-state index contributed by atoms with van der Waals surface area (Å²) in [7, 11) is 0. The zero-order valence-corrected chi connectivity index (χ0v) is 20.7. The van der Waals surface area contributed by atoms with Crippen LogP contribution in [0.2, 0.25) is 0 Å². The summed E-state index contributed by atoms with van der Waals surface area (Å²) in [5, 5.41) is 6.82. The first-order valence-corrected chi connectivity index (χ1v) is 11.5. The first kappa shape index (κ1) is 24.7. The van der Waals surface area contributed by atoms with Gasteiger partial charge in [0.05, 0.1) is 25.3 Å². The van der Waals surface area contributed by atoms with E-state index in [2.05, 4.69) is 22.5 Å². The van der Waals surface area contributed by atoms with E-state index in [0.717, 1.165) is 69.6 Å². The number of aryl methyl sites for hydroxylation is 1. The van der Waals surface area contributed by atoms with E-state index in [0.29, 0.717) is 0 Å². The van der Waals surface area contributed by atoms with Gasteiger partial charge in [0.15, 0.2) is 5.96 Å². The van der Waals surface area contributed by atoms with E-state index in [4.69, 9.17) is 9.73 Å². The fourth-order valence-corrected chi connectivity index (χ4v) is 5.40. The highest BCUT2D eigenvalue weighted by atomic mass is 127. The van der Waals surface area contributed by atoms with Crippen LogP contribution in [0.5, 0.6) is 0 Å². The number of thioether (sulfide) groups is 1. The molecule has 0 bridgehead atoms. The molecule has 2 heterocycles. The molecule has 29 heavy (non-hydrogen) atoms. The third-order valence-electron chi connectivity index (χ3n) is 5.63. The molecule has 1 unspecified atom stereocenters. The van der Waals surface area contributed by atoms with Crippen LogP contribution in [0, 0.1) is 12.7 Å². The molecule has 1 atom stereocenters. The van der Waals surface area contributed by atoms with E-state index in [9.17, 15) is 4.39 Å². The molecule has 0 spiro atoms. The molecular weight excluding hydrogens is 502 g/mol. The smallest absolute Gasteiger partial charge is 0.191 e. The van der Waals surface area contributed by atoms with Crippen molar-refractivity contribution in [2.45, 2.75) is 32.2 Å². The Morgan fingerprint density at radius 3 is 2.76 bits per heavy atom. The molecule has 2 aliphatic heterocycles. The van der Waals surface area contributed by atoms with Crippen molar-refractivity contribution < 1.29 is 9.13 Å². The lowest BCUT2D eigenvalue weighted by atomic mass is 9.96. The topological polar surface area (TPSA) is 48.9 Å². The summed E-state index contributed by atoms with van der Waals surface area (Å²) in [6.07, 6.45) is 2.04. The molecule has 0 radical (unpaired) electrons. The maximum Gasteiger partial charge on any atom is 0.191 e. The highest BCUT2D eigenvalue weighted by Crippen LogP contribution is 2.34. The van der Waals surface area contributed by atoms with E-state index in [1.807, 2.05) is 24.8 Å². The van der Waals surface area contributed by atoms with E-state index < -0.39 is 0 Å². The summed E-state index contributed by atoms with van der Waals surface area (Å²) >= 11 is 2.03. The second-order valence-electron chi connectivity index (χ2n) is 7.57. The van der Waals surface area contributed by atoms with Crippen LogP contribution < -0.4 is 10.6 Å². The molecule has 8 heteroatoms. The molecule has 0 aromatic heterocycles. The third-order valence-corrected chi connectivity index (χ3v) is 6.87. The standard InChI is InChI=1S/C21H33FN4OS.HI/c1-3-23-20(24-8-6-18-4-5-19(22)14-17(18)2)25-15-21(7-13-28-16-21)26-9-11-27-12-10-26;/h4-5,14H,3,6-13,15-16H2,1-2H3,(H2,23,24,25);1H. The van der Waals surface area contributed by atoms with Crippen molar-refractivity contribution in [1.29, 1.82) is 0 Å². The minimum absolute atomic E-state index is 0. The molecule has 164 valence electrons. The van der Waals surface area contributed by atoms with Gasteiger partial charge >= 0.3 is 0 Å². The molecule has 3 rings (SSSR count). The highest BCUT2D eigenvalue weighted by Gasteiger charge is 2.40. The largest absolute Gasteiger partial charge is 0.379 e. The molecule has 0 amide bonds. The summed E-state index contributed by atoms with van der Waals surface area (Å²) in [5.41, 5.74) is 2.32. The first-order chi connectivity index (χ1) is 13.6. The molecule has 2 aliphatic rings. The molecule has 5 nitrogen and oxygen atoms in total. The first-order valence-electron chi connectivity index (χ1n) is 10.3. The molecule has 2 N–H and O–H groups in total. The number of hydrogen-bond donors (Lipinski definition) is 2. The summed E-state index contributed by atoms with van der Waals surface area (Å²) < 4.78 is 18.8. The van der Waals surface area contributed by atoms with Gasteiger partial charge in [0.25, 0.3) is 0 Å². The summed E-state index contributed by atoms with van der Waals surface area (Å²) in [5.74, 6) is 3.05. The fraction of sp³-hybridized carbons (Fsp3) is 0.667. The Hall–Kier alpha value is -0.580. The number of benzene rings is 1. The van der Waals surface area contributed by atoms with Gasteiger partial charge in [-0.05, 0) is 55.7 Å². The highest BCUT2D eigenvalue weighted by molar-refractivity contribution is 14.0. The lowest BCUT2D eigenvalue weighted by Gasteiger charge is -2.42. The number of nitrogens with one attached hydrogen (secondary N) is 2. The Balaban J connectivity index is 0.00000300. The van der Waals surface area contributed by atoms with Gasteiger partial charge in [-0.25, -0.2) is 4.39 Å². The van der Waals surface area contributed by atoms with Gasteiger partial charge in [-0.3, -0.25) is 9.89 Å². The number of hydrogen-bond acceptors (Lipinski definition) is 4. The van der Waals surface area contributed by atoms with Crippen LogP contribution in [-0.4, -0.2) is 73.8 Å². The van der Waals surface area contributed by atoms with Crippen LogP contribution in [0.4, 0.5) is 4.39 Å². The average Bonchev–Trinajstić information content (AvgIpc) is 3.19. The van der Waals surface area contributed by atoms with Crippen molar-refractivity contribution >= 4 is 41.7 Å². The number of rotatable bonds is 7. The van der Waals surface area contributed by atoms with Crippen molar-refractivity contribution in [3.8, 4) is 0 Å². The molecule has 1 aromatic carbocycles. The van der Waals surface area contributed by atoms with E-state index >= 15 is 0 Å². The Morgan fingerprint density at radius 1 is 1.31 bits per heavy atom. The van der Waals surface area contributed by atoms with Gasteiger partial charge in [-0.2, -0.15) is 11.8 Å². The van der Waals surface area contributed by atoms with Crippen LogP contribution >= 0.6 is 35.7 Å². The number of ether oxygens (including phenoxy) is 1. The van der Waals surface area contributed by atoms with Gasteiger partial charge in [-0.15, -0.1) is 24.0 Å². The van der Waals surface area contributed by atoms with E-state index in [-0.39, 0.29) is 35.3 Å². The maximum atomic E-state index is 13.3. The van der Waals surface area contributed by atoms with Crippen LogP contribution in [-0.2, 0) is 11.2 Å². The molecule has 0 aliphatic carbocycles. The minimum atomic E-state index is -0.174. The quantitative estimate of drug-likeness (QED) is 0.319. The maximum absolute atomic E-state index is 13.3. The zero-order valence-electron chi connectivity index (χ0n) is 17.5. The minimum Gasteiger partial charge on any atom is -0.379 e. The lowest BCUT2D eigenvalue weighted by molar-refractivity contribution is -0.0104. The predicted molar refractivity (Wildman–Crippen MR) is 131 cm³/mol. The third kappa shape index (κ3) is 6.97. The van der Waals surface area contributed by atoms with Crippen LogP contribution in [0.25, 0.3) is 0 Å². The van der Waals surface area contributed by atoms with Crippen molar-refractivity contribution in [3.05, 3.63) is 35.1 Å². The number of halogens is 2. The van der Waals surface area contributed by atoms with Gasteiger partial charge < -0.3 is 15.4 Å². The van der Waals surface area contributed by atoms with Crippen LogP contribution in [0.1, 0.15) is 24.5 Å². The number of aliphatic imine (C=N–C) groups is 1. The van der Waals surface area contributed by atoms with E-state index in [1.54, 1.807) is 6.07 Å². The normalized spacial score (nSPS) is 22.9. The molecule has 1 aromatic rings. The van der Waals surface area contributed by atoms with Crippen LogP contribution in [0.3, 0.4) is 0 Å². The van der Waals surface area contributed by atoms with Crippen molar-refractivity contribution in [3.63, 3.8) is 0 Å². The Labute approximate surface area is 195 Å². The van der Waals surface area contributed by atoms with Gasteiger partial charge in [-0.1, -0.05) is 6.07 Å². The number of morpholine rings is 1. The van der Waals surface area contributed by atoms with Gasteiger partial charge in [0, 0.05) is 31.9 Å². The summed E-state index contributed by atoms with van der Waals surface area (Å²) in [4.78, 5) is 7.54. The number of guanidine groups is 1. The van der Waals surface area contributed by atoms with Crippen LogP contribution in [0.15, 0.2) is 23.2 Å². The van der Waals surface area contributed by atoms with Gasteiger partial charge in [0.2, 0.25) is 0 Å². The monoisotopic (exact) mass is 536 g/mol. The molecule has 2 fully saturated rings. The fourth-order valence-electron chi connectivity index (χ4n) is 3.93. The van der Waals surface area contributed by atoms with Crippen molar-refractivity contribution in [2.75, 3.05) is 57.4 Å². The van der Waals surface area contributed by atoms with Gasteiger partial charge in [0.1, 0.15) is 5.82 Å². The van der Waals surface area contributed by atoms with E-state index in [1.165, 1.54) is 23.8 Å². The SMILES string of the molecule is CCNC(=NCC1(N2CCOCC2)CCSC1)NCCc1ccc(F)cc1C.I. The summed E-state index contributed by atoms with van der Waals surface area (Å²) in [6, 6.07) is 5.00. The Morgan fingerprint density at radius 2 is 2.10 bits per heavy atom. The predicted octanol–water partition coefficient (Wildman–Crippen LogP) is 3.06. The average molecular weight is 536 g/mol. The van der Waals surface area contributed by atoms with Crippen molar-refractivity contribution in [2.24, 2.45) is 4.99 Å².